The Bertz CT molecular complexity index is 677. The second-order valence-corrected chi connectivity index (χ2v) is 6.30. The lowest BCUT2D eigenvalue weighted by atomic mass is 10.1. The molecule has 0 radical (unpaired) electrons. The summed E-state index contributed by atoms with van der Waals surface area (Å²) < 4.78 is 6.60. The first kappa shape index (κ1) is 16.6. The number of aryl methyl sites for hydroxylation is 3. The molecular weight excluding hydrogens is 342 g/mol. The molecule has 0 saturated carbocycles. The largest absolute Gasteiger partial charge is 0.480 e. The number of amides is 1. The quantitative estimate of drug-likeness (QED) is 0.850. The molecule has 2 aromatic carbocycles. The molecule has 0 heterocycles. The van der Waals surface area contributed by atoms with Crippen LogP contribution in [0.1, 0.15) is 23.6 Å². The van der Waals surface area contributed by atoms with E-state index >= 15 is 0 Å². The third kappa shape index (κ3) is 3.89. The van der Waals surface area contributed by atoms with E-state index in [9.17, 15) is 4.79 Å². The van der Waals surface area contributed by atoms with Gasteiger partial charge in [-0.3, -0.25) is 4.79 Å². The van der Waals surface area contributed by atoms with Gasteiger partial charge < -0.3 is 10.1 Å². The highest BCUT2D eigenvalue weighted by atomic mass is 79.9. The summed E-state index contributed by atoms with van der Waals surface area (Å²) in [5.74, 6) is 0.500. The van der Waals surface area contributed by atoms with E-state index in [-0.39, 0.29) is 5.91 Å². The first-order valence-electron chi connectivity index (χ1n) is 7.18. The highest BCUT2D eigenvalue weighted by molar-refractivity contribution is 9.10. The van der Waals surface area contributed by atoms with Crippen molar-refractivity contribution < 1.29 is 9.53 Å². The molecule has 0 spiro atoms. The smallest absolute Gasteiger partial charge is 0.265 e. The maximum atomic E-state index is 12.3. The summed E-state index contributed by atoms with van der Waals surface area (Å²) in [6.45, 7) is 7.70. The van der Waals surface area contributed by atoms with E-state index in [1.807, 2.05) is 57.2 Å². The second-order valence-electron chi connectivity index (χ2n) is 5.45. The molecule has 1 N–H and O–H groups in total. The van der Waals surface area contributed by atoms with Gasteiger partial charge in [-0.05, 0) is 72.4 Å². The zero-order valence-electron chi connectivity index (χ0n) is 13.2. The molecule has 0 aliphatic carbocycles. The molecule has 2 rings (SSSR count). The zero-order valence-corrected chi connectivity index (χ0v) is 14.8. The Labute approximate surface area is 139 Å². The van der Waals surface area contributed by atoms with Crippen molar-refractivity contribution in [2.75, 3.05) is 5.32 Å². The third-order valence-electron chi connectivity index (χ3n) is 3.49. The van der Waals surface area contributed by atoms with Gasteiger partial charge in [-0.15, -0.1) is 0 Å². The van der Waals surface area contributed by atoms with E-state index in [1.54, 1.807) is 6.92 Å². The van der Waals surface area contributed by atoms with Crippen LogP contribution in [0.15, 0.2) is 40.9 Å². The van der Waals surface area contributed by atoms with Crippen molar-refractivity contribution in [3.63, 3.8) is 0 Å². The molecule has 1 unspecified atom stereocenters. The summed E-state index contributed by atoms with van der Waals surface area (Å²) in [6, 6.07) is 11.7. The Morgan fingerprint density at radius 2 is 1.77 bits per heavy atom. The predicted octanol–water partition coefficient (Wildman–Crippen LogP) is 4.78. The van der Waals surface area contributed by atoms with Crippen molar-refractivity contribution in [1.29, 1.82) is 0 Å². The lowest BCUT2D eigenvalue weighted by Gasteiger charge is -2.18. The van der Waals surface area contributed by atoms with Crippen LogP contribution in [0, 0.1) is 20.8 Å². The van der Waals surface area contributed by atoms with Gasteiger partial charge in [0.2, 0.25) is 0 Å². The molecule has 2 aromatic rings. The van der Waals surface area contributed by atoms with Crippen molar-refractivity contribution in [2.45, 2.75) is 33.8 Å². The van der Waals surface area contributed by atoms with Crippen molar-refractivity contribution >= 4 is 27.5 Å². The van der Waals surface area contributed by atoms with E-state index in [4.69, 9.17) is 4.74 Å². The monoisotopic (exact) mass is 361 g/mol. The number of rotatable bonds is 4. The van der Waals surface area contributed by atoms with Crippen molar-refractivity contribution in [1.82, 2.24) is 0 Å². The number of nitrogens with one attached hydrogen (secondary N) is 1. The van der Waals surface area contributed by atoms with Crippen molar-refractivity contribution in [2.24, 2.45) is 0 Å². The fourth-order valence-electron chi connectivity index (χ4n) is 2.18. The zero-order chi connectivity index (χ0) is 16.3. The number of carbonyl (C=O) groups is 1. The molecule has 1 atom stereocenters. The molecule has 116 valence electrons. The lowest BCUT2D eigenvalue weighted by molar-refractivity contribution is -0.122. The van der Waals surface area contributed by atoms with Gasteiger partial charge in [-0.2, -0.15) is 0 Å². The van der Waals surface area contributed by atoms with Gasteiger partial charge in [0.25, 0.3) is 5.91 Å². The summed E-state index contributed by atoms with van der Waals surface area (Å²) in [5, 5.41) is 2.95. The van der Waals surface area contributed by atoms with Gasteiger partial charge in [0.15, 0.2) is 6.10 Å². The predicted molar refractivity (Wildman–Crippen MR) is 93.5 cm³/mol. The Balaban J connectivity index is 2.09. The van der Waals surface area contributed by atoms with Gasteiger partial charge in [-0.1, -0.05) is 24.3 Å². The number of carbonyl (C=O) groups excluding carboxylic acids is 1. The van der Waals surface area contributed by atoms with Gasteiger partial charge in [0.1, 0.15) is 5.75 Å². The lowest BCUT2D eigenvalue weighted by Crippen LogP contribution is -2.30. The number of anilines is 1. The number of hydrogen-bond acceptors (Lipinski definition) is 2. The van der Waals surface area contributed by atoms with Crippen LogP contribution in [-0.4, -0.2) is 12.0 Å². The van der Waals surface area contributed by atoms with Crippen LogP contribution < -0.4 is 10.1 Å². The van der Waals surface area contributed by atoms with E-state index in [1.165, 1.54) is 0 Å². The summed E-state index contributed by atoms with van der Waals surface area (Å²) in [5.41, 5.74) is 4.06. The molecule has 4 heteroatoms. The number of benzene rings is 2. The molecule has 0 aliphatic heterocycles. The maximum Gasteiger partial charge on any atom is 0.265 e. The minimum Gasteiger partial charge on any atom is -0.480 e. The molecule has 1 amide bonds. The summed E-state index contributed by atoms with van der Waals surface area (Å²) >= 11 is 3.46. The van der Waals surface area contributed by atoms with E-state index in [0.717, 1.165) is 26.9 Å². The number of ether oxygens (including phenoxy) is 1. The van der Waals surface area contributed by atoms with Gasteiger partial charge in [-0.25, -0.2) is 0 Å². The topological polar surface area (TPSA) is 38.3 Å². The number of halogens is 1. The molecule has 3 nitrogen and oxygen atoms in total. The standard InChI is InChI=1S/C18H20BrNO2/c1-11-8-9-16(15(19)10-11)22-14(4)18(21)20-17-12(2)6-5-7-13(17)3/h5-10,14H,1-4H3,(H,20,21). The highest BCUT2D eigenvalue weighted by Gasteiger charge is 2.17. The van der Waals surface area contributed by atoms with Crippen LogP contribution in [0.2, 0.25) is 0 Å². The Kier molecular flexibility index (Phi) is 5.24. The van der Waals surface area contributed by atoms with Crippen molar-refractivity contribution in [3.05, 3.63) is 57.6 Å². The first-order chi connectivity index (χ1) is 10.4. The van der Waals surface area contributed by atoms with E-state index in [2.05, 4.69) is 21.2 Å². The van der Waals surface area contributed by atoms with Gasteiger partial charge in [0.05, 0.1) is 4.47 Å². The van der Waals surface area contributed by atoms with Crippen LogP contribution in [0.3, 0.4) is 0 Å². The van der Waals surface area contributed by atoms with Crippen molar-refractivity contribution in [3.8, 4) is 5.75 Å². The fraction of sp³-hybridized carbons (Fsp3) is 0.278. The Morgan fingerprint density at radius 3 is 2.36 bits per heavy atom. The molecule has 22 heavy (non-hydrogen) atoms. The normalized spacial score (nSPS) is 11.9. The van der Waals surface area contributed by atoms with Gasteiger partial charge in [0, 0.05) is 5.69 Å². The number of para-hydroxylation sites is 1. The van der Waals surface area contributed by atoms with E-state index < -0.39 is 6.10 Å². The summed E-state index contributed by atoms with van der Waals surface area (Å²) in [6.07, 6.45) is -0.585. The molecule has 0 aromatic heterocycles. The highest BCUT2D eigenvalue weighted by Crippen LogP contribution is 2.27. The molecule has 0 saturated heterocycles. The van der Waals surface area contributed by atoms with Crippen LogP contribution in [0.5, 0.6) is 5.75 Å². The Morgan fingerprint density at radius 1 is 1.14 bits per heavy atom. The second kappa shape index (κ2) is 6.97. The minimum atomic E-state index is -0.585. The van der Waals surface area contributed by atoms with Crippen LogP contribution >= 0.6 is 15.9 Å². The molecule has 0 bridgehead atoms. The first-order valence-corrected chi connectivity index (χ1v) is 7.97. The summed E-state index contributed by atoms with van der Waals surface area (Å²) in [4.78, 5) is 12.3. The van der Waals surface area contributed by atoms with Gasteiger partial charge >= 0.3 is 0 Å². The summed E-state index contributed by atoms with van der Waals surface area (Å²) in [7, 11) is 0. The maximum absolute atomic E-state index is 12.3. The average Bonchev–Trinajstić information content (AvgIpc) is 2.45. The van der Waals surface area contributed by atoms with Crippen LogP contribution in [-0.2, 0) is 4.79 Å². The minimum absolute atomic E-state index is 0.162. The van der Waals surface area contributed by atoms with Crippen LogP contribution in [0.25, 0.3) is 0 Å². The molecular formula is C18H20BrNO2. The van der Waals surface area contributed by atoms with E-state index in [0.29, 0.717) is 5.75 Å². The fourth-order valence-corrected chi connectivity index (χ4v) is 2.77. The third-order valence-corrected chi connectivity index (χ3v) is 4.11. The molecule has 0 fully saturated rings. The van der Waals surface area contributed by atoms with Crippen LogP contribution in [0.4, 0.5) is 5.69 Å². The SMILES string of the molecule is Cc1ccc(OC(C)C(=O)Nc2c(C)cccc2C)c(Br)c1. The molecule has 0 aliphatic rings. The number of hydrogen-bond donors (Lipinski definition) is 1. The Hall–Kier alpha value is -1.81. The average molecular weight is 362 g/mol.